The van der Waals surface area contributed by atoms with Crippen LogP contribution >= 0.6 is 0 Å². The highest BCUT2D eigenvalue weighted by Crippen LogP contribution is 2.32. The van der Waals surface area contributed by atoms with E-state index in [0.717, 1.165) is 26.2 Å². The Hall–Kier alpha value is -1.20. The van der Waals surface area contributed by atoms with Gasteiger partial charge in [-0.25, -0.2) is 8.78 Å². The summed E-state index contributed by atoms with van der Waals surface area (Å²) in [4.78, 5) is 2.01. The number of alkyl halides is 2. The second-order valence-electron chi connectivity index (χ2n) is 4.49. The van der Waals surface area contributed by atoms with Gasteiger partial charge in [-0.3, -0.25) is 4.90 Å². The van der Waals surface area contributed by atoms with Gasteiger partial charge in [0.25, 0.3) is 0 Å². The predicted octanol–water partition coefficient (Wildman–Crippen LogP) is 1.99. The number of phenols is 1. The number of rotatable bonds is 4. The van der Waals surface area contributed by atoms with Crippen molar-refractivity contribution in [1.82, 2.24) is 10.2 Å². The number of piperazine rings is 1. The lowest BCUT2D eigenvalue weighted by Crippen LogP contribution is -2.45. The Labute approximate surface area is 105 Å². The highest BCUT2D eigenvalue weighted by molar-refractivity contribution is 5.34. The Balaban J connectivity index is 2.21. The van der Waals surface area contributed by atoms with Gasteiger partial charge in [-0.15, -0.1) is 0 Å². The summed E-state index contributed by atoms with van der Waals surface area (Å²) in [6.45, 7) is 3.05. The van der Waals surface area contributed by atoms with Gasteiger partial charge in [0.05, 0.1) is 0 Å². The molecule has 5 heteroatoms. The quantitative estimate of drug-likeness (QED) is 0.865. The minimum absolute atomic E-state index is 0.0988. The molecule has 0 aliphatic carbocycles. The van der Waals surface area contributed by atoms with E-state index in [0.29, 0.717) is 5.56 Å². The molecule has 0 aromatic heterocycles. The second kappa shape index (κ2) is 6.11. The molecule has 1 aliphatic rings. The number of nitrogens with one attached hydrogen (secondary N) is 1. The monoisotopic (exact) mass is 256 g/mol. The molecule has 1 saturated heterocycles. The van der Waals surface area contributed by atoms with Crippen LogP contribution in [0.2, 0.25) is 0 Å². The standard InChI is InChI=1S/C13H18F2N2O/c14-13(15)9-11(17-7-5-16-6-8-17)10-3-1-2-4-12(10)18/h1-4,11,13,16,18H,5-9H2/t11-/m1/s1. The molecule has 1 atom stereocenters. The summed E-state index contributed by atoms with van der Waals surface area (Å²) >= 11 is 0. The van der Waals surface area contributed by atoms with Gasteiger partial charge in [0.1, 0.15) is 5.75 Å². The molecule has 1 heterocycles. The number of para-hydroxylation sites is 1. The van der Waals surface area contributed by atoms with Crippen molar-refractivity contribution in [2.45, 2.75) is 18.9 Å². The number of aromatic hydroxyl groups is 1. The average molecular weight is 256 g/mol. The van der Waals surface area contributed by atoms with E-state index in [4.69, 9.17) is 0 Å². The van der Waals surface area contributed by atoms with E-state index in [1.165, 1.54) is 0 Å². The molecule has 1 fully saturated rings. The Morgan fingerprint density at radius 3 is 2.50 bits per heavy atom. The van der Waals surface area contributed by atoms with Crippen molar-refractivity contribution in [2.24, 2.45) is 0 Å². The van der Waals surface area contributed by atoms with Crippen molar-refractivity contribution in [3.8, 4) is 5.75 Å². The second-order valence-corrected chi connectivity index (χ2v) is 4.49. The first-order chi connectivity index (χ1) is 8.68. The van der Waals surface area contributed by atoms with E-state index in [-0.39, 0.29) is 12.2 Å². The zero-order valence-electron chi connectivity index (χ0n) is 10.1. The third-order valence-corrected chi connectivity index (χ3v) is 3.29. The number of nitrogens with zero attached hydrogens (tertiary/aromatic N) is 1. The van der Waals surface area contributed by atoms with Crippen LogP contribution in [-0.2, 0) is 0 Å². The molecule has 0 amide bonds. The highest BCUT2D eigenvalue weighted by Gasteiger charge is 2.27. The fourth-order valence-electron chi connectivity index (χ4n) is 2.40. The van der Waals surface area contributed by atoms with E-state index in [9.17, 15) is 13.9 Å². The fraction of sp³-hybridized carbons (Fsp3) is 0.538. The summed E-state index contributed by atoms with van der Waals surface area (Å²) in [7, 11) is 0. The van der Waals surface area contributed by atoms with Crippen LogP contribution < -0.4 is 5.32 Å². The van der Waals surface area contributed by atoms with Gasteiger partial charge in [0, 0.05) is 44.2 Å². The van der Waals surface area contributed by atoms with Crippen molar-refractivity contribution < 1.29 is 13.9 Å². The molecule has 2 N–H and O–H groups in total. The third-order valence-electron chi connectivity index (χ3n) is 3.29. The van der Waals surface area contributed by atoms with Crippen molar-refractivity contribution in [2.75, 3.05) is 26.2 Å². The molecule has 3 nitrogen and oxygen atoms in total. The summed E-state index contributed by atoms with van der Waals surface area (Å²) in [5.74, 6) is 0.0988. The molecule has 1 aromatic rings. The zero-order chi connectivity index (χ0) is 13.0. The molecular formula is C13H18F2N2O. The van der Waals surface area contributed by atoms with E-state index >= 15 is 0 Å². The lowest BCUT2D eigenvalue weighted by molar-refractivity contribution is 0.0730. The maximum absolute atomic E-state index is 12.7. The molecule has 1 aliphatic heterocycles. The topological polar surface area (TPSA) is 35.5 Å². The number of halogens is 2. The first kappa shape index (κ1) is 13.2. The summed E-state index contributed by atoms with van der Waals surface area (Å²) in [5, 5.41) is 13.0. The fourth-order valence-corrected chi connectivity index (χ4v) is 2.40. The van der Waals surface area contributed by atoms with E-state index < -0.39 is 12.5 Å². The summed E-state index contributed by atoms with van der Waals surface area (Å²) in [6, 6.07) is 6.35. The van der Waals surface area contributed by atoms with Crippen LogP contribution in [0.25, 0.3) is 0 Å². The molecule has 1 aromatic carbocycles. The van der Waals surface area contributed by atoms with Crippen LogP contribution in [0.1, 0.15) is 18.0 Å². The van der Waals surface area contributed by atoms with Gasteiger partial charge < -0.3 is 10.4 Å². The van der Waals surface area contributed by atoms with Crippen molar-refractivity contribution >= 4 is 0 Å². The van der Waals surface area contributed by atoms with Crippen LogP contribution in [0, 0.1) is 0 Å². The first-order valence-electron chi connectivity index (χ1n) is 6.19. The molecule has 0 radical (unpaired) electrons. The molecule has 0 saturated carbocycles. The Kier molecular flexibility index (Phi) is 4.49. The maximum Gasteiger partial charge on any atom is 0.240 e. The van der Waals surface area contributed by atoms with Crippen molar-refractivity contribution in [3.05, 3.63) is 29.8 Å². The smallest absolute Gasteiger partial charge is 0.240 e. The molecular weight excluding hydrogens is 238 g/mol. The minimum atomic E-state index is -2.37. The lowest BCUT2D eigenvalue weighted by Gasteiger charge is -2.35. The van der Waals surface area contributed by atoms with Crippen molar-refractivity contribution in [3.63, 3.8) is 0 Å². The predicted molar refractivity (Wildman–Crippen MR) is 65.9 cm³/mol. The number of hydrogen-bond acceptors (Lipinski definition) is 3. The molecule has 18 heavy (non-hydrogen) atoms. The Morgan fingerprint density at radius 1 is 1.22 bits per heavy atom. The van der Waals surface area contributed by atoms with Crippen LogP contribution in [0.3, 0.4) is 0 Å². The molecule has 0 bridgehead atoms. The van der Waals surface area contributed by atoms with Gasteiger partial charge in [-0.05, 0) is 6.07 Å². The zero-order valence-corrected chi connectivity index (χ0v) is 10.1. The van der Waals surface area contributed by atoms with Crippen LogP contribution in [0.4, 0.5) is 8.78 Å². The Morgan fingerprint density at radius 2 is 1.89 bits per heavy atom. The largest absolute Gasteiger partial charge is 0.508 e. The third kappa shape index (κ3) is 3.17. The molecule has 0 unspecified atom stereocenters. The molecule has 100 valence electrons. The summed E-state index contributed by atoms with van der Waals surface area (Å²) in [6.07, 6.45) is -2.61. The van der Waals surface area contributed by atoms with Crippen molar-refractivity contribution in [1.29, 1.82) is 0 Å². The van der Waals surface area contributed by atoms with Crippen LogP contribution in [-0.4, -0.2) is 42.6 Å². The summed E-state index contributed by atoms with van der Waals surface area (Å²) in [5.41, 5.74) is 0.597. The SMILES string of the molecule is Oc1ccccc1[C@@H](CC(F)F)N1CCNCC1. The van der Waals surface area contributed by atoms with Crippen LogP contribution in [0.5, 0.6) is 5.75 Å². The van der Waals surface area contributed by atoms with Crippen LogP contribution in [0.15, 0.2) is 24.3 Å². The van der Waals surface area contributed by atoms with Gasteiger partial charge in [-0.2, -0.15) is 0 Å². The molecule has 2 rings (SSSR count). The highest BCUT2D eigenvalue weighted by atomic mass is 19.3. The lowest BCUT2D eigenvalue weighted by atomic mass is 10.0. The van der Waals surface area contributed by atoms with E-state index in [2.05, 4.69) is 5.32 Å². The number of phenolic OH excluding ortho intramolecular Hbond substituents is 1. The van der Waals surface area contributed by atoms with E-state index in [1.54, 1.807) is 24.3 Å². The maximum atomic E-state index is 12.7. The first-order valence-corrected chi connectivity index (χ1v) is 6.19. The van der Waals surface area contributed by atoms with Gasteiger partial charge in [0.15, 0.2) is 0 Å². The number of hydrogen-bond donors (Lipinski definition) is 2. The Bertz CT molecular complexity index is 381. The summed E-state index contributed by atoms with van der Waals surface area (Å²) < 4.78 is 25.5. The van der Waals surface area contributed by atoms with Gasteiger partial charge >= 0.3 is 0 Å². The minimum Gasteiger partial charge on any atom is -0.508 e. The van der Waals surface area contributed by atoms with E-state index in [1.807, 2.05) is 4.90 Å². The normalized spacial score (nSPS) is 19.1. The van der Waals surface area contributed by atoms with Gasteiger partial charge in [0.2, 0.25) is 6.43 Å². The number of benzene rings is 1. The molecule has 0 spiro atoms. The van der Waals surface area contributed by atoms with Gasteiger partial charge in [-0.1, -0.05) is 18.2 Å². The average Bonchev–Trinajstić information content (AvgIpc) is 2.38.